The first-order valence-electron chi connectivity index (χ1n) is 9.48. The van der Waals surface area contributed by atoms with Crippen LogP contribution in [0, 0.1) is 12.3 Å². The summed E-state index contributed by atoms with van der Waals surface area (Å²) in [6, 6.07) is 29.8. The first-order chi connectivity index (χ1) is 14.4. The fourth-order valence-electron chi connectivity index (χ4n) is 3.33. The van der Waals surface area contributed by atoms with Crippen LogP contribution in [0.4, 0.5) is 17.2 Å². The summed E-state index contributed by atoms with van der Waals surface area (Å²) in [4.78, 5) is 7.07. The van der Waals surface area contributed by atoms with Gasteiger partial charge in [-0.3, -0.25) is 0 Å². The maximum absolute atomic E-state index is 4.95. The van der Waals surface area contributed by atoms with Crippen molar-refractivity contribution in [2.45, 2.75) is 6.42 Å². The van der Waals surface area contributed by atoms with Crippen molar-refractivity contribution in [3.05, 3.63) is 103 Å². The number of hydrogen-bond acceptors (Lipinski definition) is 4. The summed E-state index contributed by atoms with van der Waals surface area (Å²) < 4.78 is 6.47. The smallest absolute Gasteiger partial charge is 0.471 e. The summed E-state index contributed by atoms with van der Waals surface area (Å²) in [6.07, 6.45) is 6.10. The van der Waals surface area contributed by atoms with Crippen molar-refractivity contribution in [3.8, 4) is 5.69 Å². The minimum absolute atomic E-state index is 0. The topological polar surface area (TPSA) is 33.4 Å². The molecular weight excluding hydrogens is 571 g/mol. The number of hydrogen-bond donors (Lipinski definition) is 0. The summed E-state index contributed by atoms with van der Waals surface area (Å²) in [5.74, 6) is 1.87. The van der Waals surface area contributed by atoms with Crippen LogP contribution in [-0.4, -0.2) is 21.0 Å². The Morgan fingerprint density at radius 3 is 2.57 bits per heavy atom. The second-order valence-electron chi connectivity index (χ2n) is 6.60. The monoisotopic (exact) mass is 589 g/mol. The number of rotatable bonds is 5. The van der Waals surface area contributed by atoms with Gasteiger partial charge in [0.05, 0.1) is 11.4 Å². The molecule has 0 unspecified atom stereocenters. The first-order valence-corrected chi connectivity index (χ1v) is 10.4. The van der Waals surface area contributed by atoms with E-state index in [0.29, 0.717) is 0 Å². The van der Waals surface area contributed by atoms with Crippen LogP contribution in [0.3, 0.4) is 0 Å². The van der Waals surface area contributed by atoms with Gasteiger partial charge in [0.2, 0.25) is 0 Å². The zero-order valence-corrected chi connectivity index (χ0v) is 19.1. The van der Waals surface area contributed by atoms with E-state index in [1.54, 1.807) is 11.9 Å². The van der Waals surface area contributed by atoms with Crippen molar-refractivity contribution >= 4 is 34.9 Å². The van der Waals surface area contributed by atoms with Crippen LogP contribution in [0.2, 0.25) is 0 Å². The van der Waals surface area contributed by atoms with E-state index in [9.17, 15) is 0 Å². The third kappa shape index (κ3) is 4.28. The van der Waals surface area contributed by atoms with Crippen molar-refractivity contribution in [1.29, 1.82) is 0 Å². The second-order valence-corrected chi connectivity index (χ2v) is 7.45. The van der Waals surface area contributed by atoms with Crippen LogP contribution in [0.25, 0.3) is 5.69 Å². The van der Waals surface area contributed by atoms with Crippen molar-refractivity contribution in [2.75, 3.05) is 10.7 Å². The van der Waals surface area contributed by atoms with E-state index in [1.165, 1.54) is 0 Å². The Kier molecular flexibility index (Phi) is 6.51. The summed E-state index contributed by atoms with van der Waals surface area (Å²) in [6.45, 7) is 0. The van der Waals surface area contributed by atoms with Crippen LogP contribution < -0.4 is 4.90 Å². The first kappa shape index (κ1) is 20.6. The van der Waals surface area contributed by atoms with E-state index in [1.807, 2.05) is 71.4 Å². The fraction of sp³-hybridized carbons (Fsp3) is 0.0833. The zero-order chi connectivity index (χ0) is 19.5. The van der Waals surface area contributed by atoms with Gasteiger partial charge < -0.3 is 9.47 Å². The molecule has 0 atom stereocenters. The van der Waals surface area contributed by atoms with E-state index in [-0.39, 0.29) is 21.1 Å². The predicted octanol–water partition coefficient (Wildman–Crippen LogP) is 5.78. The molecule has 0 aliphatic carbocycles. The van der Waals surface area contributed by atoms with Crippen molar-refractivity contribution in [2.24, 2.45) is 4.40 Å². The molecule has 0 saturated heterocycles. The van der Waals surface area contributed by atoms with E-state index >= 15 is 0 Å². The Balaban J connectivity index is 0.00000218. The molecule has 30 heavy (non-hydrogen) atoms. The molecule has 0 fully saturated rings. The van der Waals surface area contributed by atoms with Crippen LogP contribution in [0.15, 0.2) is 89.5 Å². The molecule has 1 aliphatic heterocycles. The third-order valence-corrected chi connectivity index (χ3v) is 5.42. The standard InChI is InChI=1S/C24H18N4S.Pt/c1-2-8-19(9-3-1)28(21-11-6-10-20(18-21)27-15-4-5-16-27)24-13-7-12-22(25-24)23-14-17-29-26-23;/h1-13,15H,14,17H2;/q-2;+2. The van der Waals surface area contributed by atoms with Gasteiger partial charge in [0.15, 0.2) is 0 Å². The van der Waals surface area contributed by atoms with E-state index < -0.39 is 0 Å². The Morgan fingerprint density at radius 1 is 0.933 bits per heavy atom. The van der Waals surface area contributed by atoms with Gasteiger partial charge in [-0.2, -0.15) is 30.0 Å². The minimum atomic E-state index is 0. The largest absolute Gasteiger partial charge is 2.00 e. The number of pyridine rings is 1. The quantitative estimate of drug-likeness (QED) is 0.219. The Bertz CT molecular complexity index is 1140. The van der Waals surface area contributed by atoms with Gasteiger partial charge in [-0.15, -0.1) is 18.3 Å². The predicted molar refractivity (Wildman–Crippen MR) is 120 cm³/mol. The second kappa shape index (κ2) is 9.46. The molecule has 5 rings (SSSR count). The van der Waals surface area contributed by atoms with Crippen molar-refractivity contribution < 1.29 is 21.1 Å². The zero-order valence-electron chi connectivity index (χ0n) is 16.0. The summed E-state index contributed by atoms with van der Waals surface area (Å²) in [5, 5.41) is 0. The number of nitrogens with zero attached hydrogens (tertiary/aromatic N) is 4. The van der Waals surface area contributed by atoms with Crippen LogP contribution >= 0.6 is 11.9 Å². The summed E-state index contributed by atoms with van der Waals surface area (Å²) in [7, 11) is 0. The van der Waals surface area contributed by atoms with E-state index in [2.05, 4.69) is 39.8 Å². The van der Waals surface area contributed by atoms with Crippen LogP contribution in [0.5, 0.6) is 0 Å². The van der Waals surface area contributed by atoms with Crippen LogP contribution in [-0.2, 0) is 21.1 Å². The average molecular weight is 590 g/mol. The normalized spacial score (nSPS) is 12.9. The number of para-hydroxylation sites is 1. The maximum atomic E-state index is 4.95. The third-order valence-electron chi connectivity index (χ3n) is 4.69. The SMILES string of the molecule is [Pt+2].[c-]1c(N(c2ccccc2)c2cccc(C3=NSCC3)n2)cccc1-n1[c-]ccc1. The molecular formula is C24H18N4PtS. The molecule has 0 saturated carbocycles. The molecule has 3 heterocycles. The summed E-state index contributed by atoms with van der Waals surface area (Å²) >= 11 is 1.61. The van der Waals surface area contributed by atoms with Crippen molar-refractivity contribution in [3.63, 3.8) is 0 Å². The molecule has 1 aliphatic rings. The van der Waals surface area contributed by atoms with Gasteiger partial charge in [0.25, 0.3) is 0 Å². The molecule has 2 aromatic carbocycles. The number of anilines is 3. The average Bonchev–Trinajstić information content (AvgIpc) is 3.50. The molecule has 0 bridgehead atoms. The fourth-order valence-corrected chi connectivity index (χ4v) is 4.04. The molecule has 4 nitrogen and oxygen atoms in total. The molecule has 2 aromatic heterocycles. The molecule has 0 spiro atoms. The Morgan fingerprint density at radius 2 is 1.80 bits per heavy atom. The van der Waals surface area contributed by atoms with Gasteiger partial charge in [-0.25, -0.2) is 9.38 Å². The van der Waals surface area contributed by atoms with E-state index in [4.69, 9.17) is 4.98 Å². The molecule has 0 amide bonds. The number of benzene rings is 2. The Hall–Kier alpha value is -2.62. The Labute approximate surface area is 195 Å². The molecule has 4 aromatic rings. The van der Waals surface area contributed by atoms with Crippen LogP contribution in [0.1, 0.15) is 12.1 Å². The minimum Gasteiger partial charge on any atom is -0.471 e. The van der Waals surface area contributed by atoms with Crippen molar-refractivity contribution in [1.82, 2.24) is 9.55 Å². The van der Waals surface area contributed by atoms with Gasteiger partial charge in [0.1, 0.15) is 5.82 Å². The van der Waals surface area contributed by atoms with E-state index in [0.717, 1.165) is 46.5 Å². The molecule has 0 radical (unpaired) electrons. The number of aromatic nitrogens is 2. The molecule has 6 heteroatoms. The van der Waals surface area contributed by atoms with Gasteiger partial charge in [-0.05, 0) is 36.2 Å². The van der Waals surface area contributed by atoms with Gasteiger partial charge in [0, 0.05) is 17.9 Å². The maximum Gasteiger partial charge on any atom is 2.00 e. The van der Waals surface area contributed by atoms with Gasteiger partial charge in [-0.1, -0.05) is 36.1 Å². The summed E-state index contributed by atoms with van der Waals surface area (Å²) in [5.41, 5.74) is 4.88. The molecule has 150 valence electrons. The van der Waals surface area contributed by atoms with Gasteiger partial charge >= 0.3 is 21.1 Å². The molecule has 0 N–H and O–H groups in total.